The van der Waals surface area contributed by atoms with Gasteiger partial charge in [0.25, 0.3) is 0 Å². The number of nitrogens with zero attached hydrogens (tertiary/aromatic N) is 3. The van der Waals surface area contributed by atoms with Crippen molar-refractivity contribution >= 4 is 31.8 Å². The Kier molecular flexibility index (Phi) is 5.07. The summed E-state index contributed by atoms with van der Waals surface area (Å²) < 4.78 is 26.4. The molecule has 0 atom stereocenters. The van der Waals surface area contributed by atoms with Crippen LogP contribution < -0.4 is 5.73 Å². The highest BCUT2D eigenvalue weighted by Gasteiger charge is 2.25. The second-order valence-corrected chi connectivity index (χ2v) is 6.26. The fourth-order valence-corrected chi connectivity index (χ4v) is 3.43. The first-order valence-corrected chi connectivity index (χ1v) is 7.45. The molecule has 0 saturated carbocycles. The number of anilines is 1. The van der Waals surface area contributed by atoms with Gasteiger partial charge in [0.1, 0.15) is 10.7 Å². The number of halogens is 1. The Bertz CT molecular complexity index is 568. The molecule has 8 heteroatoms. The van der Waals surface area contributed by atoms with Crippen LogP contribution in [0.4, 0.5) is 5.82 Å². The minimum atomic E-state index is -3.71. The fourth-order valence-electron chi connectivity index (χ4n) is 1.40. The first-order chi connectivity index (χ1) is 8.43. The van der Waals surface area contributed by atoms with Crippen molar-refractivity contribution in [1.82, 2.24) is 9.29 Å². The Labute approximate surface area is 115 Å². The summed E-state index contributed by atoms with van der Waals surface area (Å²) in [6, 6.07) is 3.33. The summed E-state index contributed by atoms with van der Waals surface area (Å²) in [5, 5.41) is 8.53. The zero-order valence-electron chi connectivity index (χ0n) is 9.80. The van der Waals surface area contributed by atoms with Crippen molar-refractivity contribution in [3.63, 3.8) is 0 Å². The molecule has 0 bridgehead atoms. The maximum Gasteiger partial charge on any atom is 0.246 e. The molecule has 18 heavy (non-hydrogen) atoms. The molecule has 0 saturated heterocycles. The number of nitriles is 1. The van der Waals surface area contributed by atoms with E-state index in [1.165, 1.54) is 16.6 Å². The quantitative estimate of drug-likeness (QED) is 0.877. The van der Waals surface area contributed by atoms with E-state index in [0.717, 1.165) is 0 Å². The molecule has 98 valence electrons. The van der Waals surface area contributed by atoms with Crippen molar-refractivity contribution in [2.75, 3.05) is 18.8 Å². The molecule has 0 fully saturated rings. The van der Waals surface area contributed by atoms with Gasteiger partial charge in [-0.3, -0.25) is 0 Å². The van der Waals surface area contributed by atoms with E-state index >= 15 is 0 Å². The normalized spacial score (nSPS) is 11.4. The van der Waals surface area contributed by atoms with E-state index in [-0.39, 0.29) is 30.2 Å². The number of hydrogen-bond donors (Lipinski definition) is 1. The molecular weight excluding hydrogens is 320 g/mol. The van der Waals surface area contributed by atoms with E-state index in [4.69, 9.17) is 11.0 Å². The van der Waals surface area contributed by atoms with E-state index in [0.29, 0.717) is 4.47 Å². The molecule has 0 aromatic carbocycles. The Morgan fingerprint density at radius 1 is 1.61 bits per heavy atom. The van der Waals surface area contributed by atoms with Crippen LogP contribution >= 0.6 is 15.9 Å². The van der Waals surface area contributed by atoms with Crippen LogP contribution in [0.2, 0.25) is 0 Å². The van der Waals surface area contributed by atoms with Crippen molar-refractivity contribution < 1.29 is 8.42 Å². The maximum absolute atomic E-state index is 12.3. The second kappa shape index (κ2) is 6.13. The molecule has 1 heterocycles. The highest BCUT2D eigenvalue weighted by atomic mass is 79.9. The lowest BCUT2D eigenvalue weighted by Crippen LogP contribution is -2.32. The van der Waals surface area contributed by atoms with E-state index in [9.17, 15) is 8.42 Å². The number of hydrogen-bond acceptors (Lipinski definition) is 5. The summed E-state index contributed by atoms with van der Waals surface area (Å²) in [6.07, 6.45) is 1.56. The number of sulfonamides is 1. The Hall–Kier alpha value is -1.17. The van der Waals surface area contributed by atoms with Crippen LogP contribution in [0.25, 0.3) is 0 Å². The zero-order valence-corrected chi connectivity index (χ0v) is 12.2. The minimum absolute atomic E-state index is 0.0448. The Balaban J connectivity index is 3.19. The highest BCUT2D eigenvalue weighted by Crippen LogP contribution is 2.23. The molecule has 0 unspecified atom stereocenters. The van der Waals surface area contributed by atoms with Crippen molar-refractivity contribution in [2.45, 2.75) is 18.2 Å². The van der Waals surface area contributed by atoms with Gasteiger partial charge in [0, 0.05) is 30.2 Å². The third kappa shape index (κ3) is 3.19. The highest BCUT2D eigenvalue weighted by molar-refractivity contribution is 9.10. The largest absolute Gasteiger partial charge is 0.383 e. The number of nitrogens with two attached hydrogens (primary N) is 1. The van der Waals surface area contributed by atoms with Crippen molar-refractivity contribution in [1.29, 1.82) is 5.26 Å². The second-order valence-electron chi connectivity index (χ2n) is 3.44. The van der Waals surface area contributed by atoms with Crippen LogP contribution in [0.3, 0.4) is 0 Å². The van der Waals surface area contributed by atoms with Crippen molar-refractivity contribution in [3.8, 4) is 6.07 Å². The van der Waals surface area contributed by atoms with Gasteiger partial charge in [-0.25, -0.2) is 13.4 Å². The minimum Gasteiger partial charge on any atom is -0.383 e. The van der Waals surface area contributed by atoms with Gasteiger partial charge in [-0.1, -0.05) is 6.92 Å². The lowest BCUT2D eigenvalue weighted by Gasteiger charge is -2.19. The first kappa shape index (κ1) is 14.9. The van der Waals surface area contributed by atoms with Gasteiger partial charge < -0.3 is 5.73 Å². The van der Waals surface area contributed by atoms with Crippen LogP contribution in [0.15, 0.2) is 21.6 Å². The molecule has 0 radical (unpaired) electrons. The van der Waals surface area contributed by atoms with Gasteiger partial charge in [-0.2, -0.15) is 9.57 Å². The third-order valence-corrected chi connectivity index (χ3v) is 4.73. The Morgan fingerprint density at radius 2 is 2.28 bits per heavy atom. The number of nitrogen functional groups attached to an aromatic ring is 1. The van der Waals surface area contributed by atoms with Gasteiger partial charge in [0.05, 0.1) is 6.07 Å². The maximum atomic E-state index is 12.3. The third-order valence-electron chi connectivity index (χ3n) is 2.29. The number of rotatable bonds is 5. The molecule has 1 rings (SSSR count). The summed E-state index contributed by atoms with van der Waals surface area (Å²) in [5.41, 5.74) is 5.59. The van der Waals surface area contributed by atoms with Crippen LogP contribution in [0, 0.1) is 11.3 Å². The molecule has 0 aliphatic rings. The molecule has 0 spiro atoms. The monoisotopic (exact) mass is 332 g/mol. The summed E-state index contributed by atoms with van der Waals surface area (Å²) >= 11 is 3.16. The standard InChI is InChI=1S/C10H13BrN4O2S/c1-2-15(5-3-4-12)18(16,17)9-6-8(11)7-14-10(9)13/h6-7H,2-3,5H2,1H3,(H2,13,14). The lowest BCUT2D eigenvalue weighted by atomic mass is 10.5. The van der Waals surface area contributed by atoms with Crippen LogP contribution in [-0.2, 0) is 10.0 Å². The van der Waals surface area contributed by atoms with Gasteiger partial charge in [0.2, 0.25) is 10.0 Å². The average Bonchev–Trinajstić information content (AvgIpc) is 2.33. The summed E-state index contributed by atoms with van der Waals surface area (Å²) in [7, 11) is -3.71. The lowest BCUT2D eigenvalue weighted by molar-refractivity contribution is 0.435. The van der Waals surface area contributed by atoms with Gasteiger partial charge >= 0.3 is 0 Å². The van der Waals surface area contributed by atoms with Crippen LogP contribution in [-0.4, -0.2) is 30.8 Å². The average molecular weight is 333 g/mol. The van der Waals surface area contributed by atoms with Gasteiger partial charge in [-0.15, -0.1) is 0 Å². The number of pyridine rings is 1. The smallest absolute Gasteiger partial charge is 0.246 e. The van der Waals surface area contributed by atoms with E-state index in [1.54, 1.807) is 6.92 Å². The zero-order chi connectivity index (χ0) is 13.8. The van der Waals surface area contributed by atoms with Gasteiger partial charge in [-0.05, 0) is 22.0 Å². The topological polar surface area (TPSA) is 100 Å². The molecule has 0 aliphatic carbocycles. The molecular formula is C10H13BrN4O2S. The molecule has 1 aromatic rings. The summed E-state index contributed by atoms with van der Waals surface area (Å²) in [5.74, 6) is -0.0476. The molecule has 0 aliphatic heterocycles. The van der Waals surface area contributed by atoms with E-state index in [1.807, 2.05) is 6.07 Å². The van der Waals surface area contributed by atoms with Gasteiger partial charge in [0.15, 0.2) is 0 Å². The molecule has 0 amide bonds. The summed E-state index contributed by atoms with van der Waals surface area (Å²) in [6.45, 7) is 2.12. The van der Waals surface area contributed by atoms with Crippen molar-refractivity contribution in [3.05, 3.63) is 16.7 Å². The van der Waals surface area contributed by atoms with Crippen LogP contribution in [0.5, 0.6) is 0 Å². The first-order valence-electron chi connectivity index (χ1n) is 5.21. The summed E-state index contributed by atoms with van der Waals surface area (Å²) in [4.78, 5) is 3.76. The fraction of sp³-hybridized carbons (Fsp3) is 0.400. The molecule has 1 aromatic heterocycles. The van der Waals surface area contributed by atoms with Crippen molar-refractivity contribution in [2.24, 2.45) is 0 Å². The SMILES string of the molecule is CCN(CCC#N)S(=O)(=O)c1cc(Br)cnc1N. The van der Waals surface area contributed by atoms with Crippen LogP contribution in [0.1, 0.15) is 13.3 Å². The molecule has 6 nitrogen and oxygen atoms in total. The predicted molar refractivity (Wildman–Crippen MR) is 71.0 cm³/mol. The van der Waals surface area contributed by atoms with E-state index < -0.39 is 10.0 Å². The number of aromatic nitrogens is 1. The van der Waals surface area contributed by atoms with E-state index in [2.05, 4.69) is 20.9 Å². The molecule has 2 N–H and O–H groups in total. The Morgan fingerprint density at radius 3 is 2.83 bits per heavy atom. The predicted octanol–water partition coefficient (Wildman–Crippen LogP) is 1.35.